The Morgan fingerprint density at radius 2 is 1.71 bits per heavy atom. The van der Waals surface area contributed by atoms with Crippen molar-refractivity contribution in [2.75, 3.05) is 11.4 Å². The van der Waals surface area contributed by atoms with Gasteiger partial charge in [-0.3, -0.25) is 4.79 Å². The zero-order valence-electron chi connectivity index (χ0n) is 14.6. The maximum atomic E-state index is 12.3. The number of carbonyl (C=O) groups excluding carboxylic acids is 1. The van der Waals surface area contributed by atoms with Gasteiger partial charge in [0.25, 0.3) is 5.91 Å². The summed E-state index contributed by atoms with van der Waals surface area (Å²) in [5, 5.41) is 3.09. The van der Waals surface area contributed by atoms with Crippen LogP contribution in [0.15, 0.2) is 48.5 Å². The first-order valence-corrected chi connectivity index (χ1v) is 8.94. The van der Waals surface area contributed by atoms with E-state index < -0.39 is 0 Å². The van der Waals surface area contributed by atoms with Crippen LogP contribution in [0.3, 0.4) is 0 Å². The standard InChI is InChI=1S/C21H26N2O/c1-3-19(4-2)22-21(24)17-9-11-20(12-10-17)23-14-13-16-7-5-6-8-18(16)15-23/h5-12,19H,3-4,13-15H2,1-2H3,(H,22,24). The molecular weight excluding hydrogens is 296 g/mol. The third-order valence-corrected chi connectivity index (χ3v) is 4.95. The maximum Gasteiger partial charge on any atom is 0.251 e. The molecule has 0 atom stereocenters. The first-order valence-electron chi connectivity index (χ1n) is 8.94. The monoisotopic (exact) mass is 322 g/mol. The molecule has 2 aromatic rings. The average molecular weight is 322 g/mol. The summed E-state index contributed by atoms with van der Waals surface area (Å²) >= 11 is 0. The van der Waals surface area contributed by atoms with E-state index in [4.69, 9.17) is 0 Å². The second-order valence-electron chi connectivity index (χ2n) is 6.47. The molecule has 0 radical (unpaired) electrons. The van der Waals surface area contributed by atoms with Crippen LogP contribution in [0, 0.1) is 0 Å². The summed E-state index contributed by atoms with van der Waals surface area (Å²) in [6, 6.07) is 16.9. The van der Waals surface area contributed by atoms with Gasteiger partial charge in [0.15, 0.2) is 0 Å². The summed E-state index contributed by atoms with van der Waals surface area (Å²) in [6.07, 6.45) is 3.01. The van der Waals surface area contributed by atoms with E-state index in [-0.39, 0.29) is 11.9 Å². The number of anilines is 1. The lowest BCUT2D eigenvalue weighted by Gasteiger charge is -2.30. The summed E-state index contributed by atoms with van der Waals surface area (Å²) in [4.78, 5) is 14.7. The summed E-state index contributed by atoms with van der Waals surface area (Å²) in [6.45, 7) is 6.17. The number of carbonyl (C=O) groups is 1. The quantitative estimate of drug-likeness (QED) is 0.896. The lowest BCUT2D eigenvalue weighted by molar-refractivity contribution is 0.0935. The molecule has 0 saturated carbocycles. The number of fused-ring (bicyclic) bond motifs is 1. The van der Waals surface area contributed by atoms with Gasteiger partial charge in [-0.25, -0.2) is 0 Å². The summed E-state index contributed by atoms with van der Waals surface area (Å²) in [7, 11) is 0. The van der Waals surface area contributed by atoms with Crippen molar-refractivity contribution in [2.24, 2.45) is 0 Å². The highest BCUT2D eigenvalue weighted by molar-refractivity contribution is 5.94. The normalized spacial score (nSPS) is 13.7. The SMILES string of the molecule is CCC(CC)NC(=O)c1ccc(N2CCc3ccccc3C2)cc1. The van der Waals surface area contributed by atoms with Crippen LogP contribution < -0.4 is 10.2 Å². The van der Waals surface area contributed by atoms with E-state index in [0.29, 0.717) is 0 Å². The molecule has 3 rings (SSSR count). The third-order valence-electron chi connectivity index (χ3n) is 4.95. The van der Waals surface area contributed by atoms with E-state index in [0.717, 1.165) is 37.9 Å². The number of hydrogen-bond donors (Lipinski definition) is 1. The van der Waals surface area contributed by atoms with E-state index in [2.05, 4.69) is 60.5 Å². The van der Waals surface area contributed by atoms with E-state index >= 15 is 0 Å². The molecule has 0 unspecified atom stereocenters. The lowest BCUT2D eigenvalue weighted by Crippen LogP contribution is -2.34. The minimum absolute atomic E-state index is 0.0271. The van der Waals surface area contributed by atoms with Crippen molar-refractivity contribution in [3.63, 3.8) is 0 Å². The Bertz CT molecular complexity index is 689. The average Bonchev–Trinajstić information content (AvgIpc) is 2.65. The van der Waals surface area contributed by atoms with Crippen molar-refractivity contribution >= 4 is 11.6 Å². The van der Waals surface area contributed by atoms with Gasteiger partial charge >= 0.3 is 0 Å². The van der Waals surface area contributed by atoms with E-state index in [9.17, 15) is 4.79 Å². The maximum absolute atomic E-state index is 12.3. The fraction of sp³-hybridized carbons (Fsp3) is 0.381. The molecule has 1 aliphatic rings. The Labute approximate surface area is 144 Å². The van der Waals surface area contributed by atoms with Gasteiger partial charge in [0.05, 0.1) is 0 Å². The number of amides is 1. The molecule has 0 aliphatic carbocycles. The van der Waals surface area contributed by atoms with Gasteiger partial charge in [-0.2, -0.15) is 0 Å². The Balaban J connectivity index is 1.68. The Morgan fingerprint density at radius 3 is 2.38 bits per heavy atom. The zero-order chi connectivity index (χ0) is 16.9. The fourth-order valence-corrected chi connectivity index (χ4v) is 3.30. The first-order chi connectivity index (χ1) is 11.7. The number of nitrogens with one attached hydrogen (secondary N) is 1. The van der Waals surface area contributed by atoms with Gasteiger partial charge in [0.1, 0.15) is 0 Å². The highest BCUT2D eigenvalue weighted by Gasteiger charge is 2.17. The van der Waals surface area contributed by atoms with Crippen molar-refractivity contribution < 1.29 is 4.79 Å². The van der Waals surface area contributed by atoms with Crippen LogP contribution in [0.25, 0.3) is 0 Å². The van der Waals surface area contributed by atoms with Crippen molar-refractivity contribution in [2.45, 2.75) is 45.7 Å². The minimum Gasteiger partial charge on any atom is -0.367 e. The van der Waals surface area contributed by atoms with Gasteiger partial charge in [-0.1, -0.05) is 38.1 Å². The highest BCUT2D eigenvalue weighted by atomic mass is 16.1. The Hall–Kier alpha value is -2.29. The highest BCUT2D eigenvalue weighted by Crippen LogP contribution is 2.24. The van der Waals surface area contributed by atoms with Gasteiger partial charge in [0.2, 0.25) is 0 Å². The molecule has 1 heterocycles. The molecule has 3 nitrogen and oxygen atoms in total. The lowest BCUT2D eigenvalue weighted by atomic mass is 9.99. The molecule has 0 fully saturated rings. The molecule has 126 valence electrons. The first kappa shape index (κ1) is 16.6. The molecule has 0 aromatic heterocycles. The molecular formula is C21H26N2O. The van der Waals surface area contributed by atoms with Crippen molar-refractivity contribution in [1.82, 2.24) is 5.32 Å². The van der Waals surface area contributed by atoms with Crippen LogP contribution in [0.4, 0.5) is 5.69 Å². The minimum atomic E-state index is 0.0271. The van der Waals surface area contributed by atoms with Crippen molar-refractivity contribution in [3.8, 4) is 0 Å². The number of rotatable bonds is 5. The van der Waals surface area contributed by atoms with Crippen LogP contribution >= 0.6 is 0 Å². The van der Waals surface area contributed by atoms with Crippen LogP contribution in [0.1, 0.15) is 48.2 Å². The van der Waals surface area contributed by atoms with E-state index in [1.54, 1.807) is 0 Å². The Kier molecular flexibility index (Phi) is 5.19. The van der Waals surface area contributed by atoms with Gasteiger partial charge in [-0.15, -0.1) is 0 Å². The molecule has 3 heteroatoms. The van der Waals surface area contributed by atoms with Crippen molar-refractivity contribution in [1.29, 1.82) is 0 Å². The van der Waals surface area contributed by atoms with E-state index in [1.807, 2.05) is 12.1 Å². The second-order valence-corrected chi connectivity index (χ2v) is 6.47. The molecule has 1 aliphatic heterocycles. The molecule has 2 aromatic carbocycles. The van der Waals surface area contributed by atoms with E-state index in [1.165, 1.54) is 16.8 Å². The molecule has 0 bridgehead atoms. The smallest absolute Gasteiger partial charge is 0.251 e. The number of hydrogen-bond acceptors (Lipinski definition) is 2. The van der Waals surface area contributed by atoms with Gasteiger partial charge in [0, 0.05) is 30.4 Å². The molecule has 1 N–H and O–H groups in total. The summed E-state index contributed by atoms with van der Waals surface area (Å²) < 4.78 is 0. The van der Waals surface area contributed by atoms with Gasteiger partial charge in [-0.05, 0) is 54.7 Å². The predicted molar refractivity (Wildman–Crippen MR) is 99.5 cm³/mol. The Morgan fingerprint density at radius 1 is 1.04 bits per heavy atom. The third kappa shape index (κ3) is 3.61. The predicted octanol–water partition coefficient (Wildman–Crippen LogP) is 4.17. The second kappa shape index (κ2) is 7.52. The summed E-state index contributed by atoms with van der Waals surface area (Å²) in [5.41, 5.74) is 4.78. The van der Waals surface area contributed by atoms with Crippen LogP contribution in [-0.4, -0.2) is 18.5 Å². The topological polar surface area (TPSA) is 32.3 Å². The molecule has 0 saturated heterocycles. The summed E-state index contributed by atoms with van der Waals surface area (Å²) in [5.74, 6) is 0.0271. The number of benzene rings is 2. The van der Waals surface area contributed by atoms with Gasteiger partial charge < -0.3 is 10.2 Å². The molecule has 0 spiro atoms. The molecule has 24 heavy (non-hydrogen) atoms. The van der Waals surface area contributed by atoms with Crippen LogP contribution in [0.5, 0.6) is 0 Å². The fourth-order valence-electron chi connectivity index (χ4n) is 3.30. The van der Waals surface area contributed by atoms with Crippen molar-refractivity contribution in [3.05, 3.63) is 65.2 Å². The van der Waals surface area contributed by atoms with Crippen LogP contribution in [0.2, 0.25) is 0 Å². The number of nitrogens with zero attached hydrogens (tertiary/aromatic N) is 1. The zero-order valence-corrected chi connectivity index (χ0v) is 14.6. The van der Waals surface area contributed by atoms with Crippen LogP contribution in [-0.2, 0) is 13.0 Å². The largest absolute Gasteiger partial charge is 0.367 e. The molecule has 1 amide bonds.